The molecule has 0 saturated carbocycles. The van der Waals surface area contributed by atoms with Gasteiger partial charge in [-0.15, -0.1) is 10.1 Å². The van der Waals surface area contributed by atoms with E-state index in [2.05, 4.69) is 18.0 Å². The van der Waals surface area contributed by atoms with Crippen molar-refractivity contribution in [2.24, 2.45) is 0 Å². The van der Waals surface area contributed by atoms with Crippen LogP contribution < -0.4 is 0 Å². The topological polar surface area (TPSA) is 184 Å². The van der Waals surface area contributed by atoms with Gasteiger partial charge in [0.15, 0.2) is 11.7 Å². The molecule has 0 aromatic rings. The molecule has 2 rings (SSSR count). The van der Waals surface area contributed by atoms with Crippen LogP contribution in [0.5, 0.6) is 0 Å². The summed E-state index contributed by atoms with van der Waals surface area (Å²) in [5.41, 5.74) is -3.03. The van der Waals surface area contributed by atoms with Crippen LogP contribution in [0.1, 0.15) is 20.8 Å². The molecule has 13 nitrogen and oxygen atoms in total. The lowest BCUT2D eigenvalue weighted by Gasteiger charge is -2.47. The zero-order chi connectivity index (χ0) is 23.7. The maximum Gasteiger partial charge on any atom is 0.336 e. The van der Waals surface area contributed by atoms with Crippen molar-refractivity contribution in [1.29, 1.82) is 0 Å². The number of aliphatic hydroxyl groups excluding tert-OH is 2. The Labute approximate surface area is 176 Å². The van der Waals surface area contributed by atoms with Gasteiger partial charge in [0.1, 0.15) is 24.4 Å². The molecule has 0 spiro atoms. The molecule has 0 amide bonds. The van der Waals surface area contributed by atoms with Crippen molar-refractivity contribution in [2.75, 3.05) is 13.2 Å². The first-order valence-corrected chi connectivity index (χ1v) is 9.17. The molecule has 2 aliphatic heterocycles. The quantitative estimate of drug-likeness (QED) is 0.126. The van der Waals surface area contributed by atoms with Crippen LogP contribution in [0.25, 0.3) is 0 Å². The van der Waals surface area contributed by atoms with Gasteiger partial charge in [0.05, 0.1) is 13.2 Å². The number of nitrogens with zero attached hydrogens (tertiary/aromatic N) is 1. The summed E-state index contributed by atoms with van der Waals surface area (Å²) < 4.78 is 21.2. The maximum absolute atomic E-state index is 12.5. The van der Waals surface area contributed by atoms with Crippen molar-refractivity contribution in [2.45, 2.75) is 62.7 Å². The van der Waals surface area contributed by atoms with Gasteiger partial charge in [-0.2, -0.15) is 0 Å². The van der Waals surface area contributed by atoms with E-state index in [1.54, 1.807) is 0 Å². The highest BCUT2D eigenvalue weighted by atomic mass is 17.0. The Morgan fingerprint density at radius 1 is 1.23 bits per heavy atom. The molecule has 2 saturated heterocycles. The number of rotatable bonds is 9. The minimum atomic E-state index is -3.03. The Kier molecular flexibility index (Phi) is 7.07. The molecule has 2 heterocycles. The third-order valence-corrected chi connectivity index (χ3v) is 4.97. The summed E-state index contributed by atoms with van der Waals surface area (Å²) >= 11 is 0. The number of carbonyl (C=O) groups excluding carboxylic acids is 2. The zero-order valence-corrected chi connectivity index (χ0v) is 17.2. The lowest BCUT2D eigenvalue weighted by Crippen LogP contribution is -2.72. The van der Waals surface area contributed by atoms with E-state index < -0.39 is 65.5 Å². The normalized spacial score (nSPS) is 29.4. The average molecular weight is 447 g/mol. The Balaban J connectivity index is 2.67. The standard InChI is InChI=1S/C18H25NO12/c1-8(2)15(22)29-18(30-16(23)9(3)4,13(21)10(5)31-19(25)26)17(24)7-28-12-11(20)6-27-14(12)17/h10-14,20-21,24H,1,3,6-7H2,2,4-5H3/t10?,11-,12+,13?,14-,17-/m0/s1. The Bertz CT molecular complexity index is 754. The molecule has 0 radical (unpaired) electrons. The van der Waals surface area contributed by atoms with Crippen molar-refractivity contribution >= 4 is 11.9 Å². The van der Waals surface area contributed by atoms with Crippen LogP contribution in [0.15, 0.2) is 24.3 Å². The van der Waals surface area contributed by atoms with Crippen LogP contribution in [0, 0.1) is 10.1 Å². The molecular weight excluding hydrogens is 422 g/mol. The molecule has 0 bridgehead atoms. The third kappa shape index (κ3) is 4.41. The van der Waals surface area contributed by atoms with Crippen LogP contribution in [0.2, 0.25) is 0 Å². The molecule has 0 aromatic heterocycles. The highest BCUT2D eigenvalue weighted by Gasteiger charge is 2.73. The van der Waals surface area contributed by atoms with E-state index in [-0.39, 0.29) is 17.8 Å². The minimum Gasteiger partial charge on any atom is -0.413 e. The number of carbonyl (C=O) groups is 2. The van der Waals surface area contributed by atoms with Crippen LogP contribution >= 0.6 is 0 Å². The van der Waals surface area contributed by atoms with Crippen molar-refractivity contribution in [1.82, 2.24) is 0 Å². The largest absolute Gasteiger partial charge is 0.413 e. The highest BCUT2D eigenvalue weighted by molar-refractivity contribution is 5.89. The lowest BCUT2D eigenvalue weighted by atomic mass is 9.81. The predicted molar refractivity (Wildman–Crippen MR) is 98.5 cm³/mol. The van der Waals surface area contributed by atoms with Gasteiger partial charge in [-0.1, -0.05) is 13.2 Å². The number of hydrogen-bond donors (Lipinski definition) is 3. The third-order valence-electron chi connectivity index (χ3n) is 4.97. The van der Waals surface area contributed by atoms with Crippen molar-refractivity contribution in [3.05, 3.63) is 34.4 Å². The fraction of sp³-hybridized carbons (Fsp3) is 0.667. The van der Waals surface area contributed by atoms with Crippen molar-refractivity contribution in [3.8, 4) is 0 Å². The Morgan fingerprint density at radius 2 is 1.74 bits per heavy atom. The second-order valence-electron chi connectivity index (χ2n) is 7.51. The second kappa shape index (κ2) is 8.88. The monoisotopic (exact) mass is 447 g/mol. The van der Waals surface area contributed by atoms with E-state index in [1.165, 1.54) is 13.8 Å². The first-order chi connectivity index (χ1) is 14.3. The molecule has 13 heteroatoms. The lowest BCUT2D eigenvalue weighted by molar-refractivity contribution is -0.770. The summed E-state index contributed by atoms with van der Waals surface area (Å²) in [5, 5.41) is 42.1. The fourth-order valence-electron chi connectivity index (χ4n) is 3.33. The minimum absolute atomic E-state index is 0.211. The van der Waals surface area contributed by atoms with E-state index >= 15 is 0 Å². The first kappa shape index (κ1) is 24.7. The second-order valence-corrected chi connectivity index (χ2v) is 7.51. The van der Waals surface area contributed by atoms with E-state index in [1.807, 2.05) is 0 Å². The summed E-state index contributed by atoms with van der Waals surface area (Å²) in [6.07, 6.45) is -7.86. The number of fused-ring (bicyclic) bond motifs is 1. The smallest absolute Gasteiger partial charge is 0.336 e. The van der Waals surface area contributed by atoms with Gasteiger partial charge in [-0.25, -0.2) is 9.59 Å². The summed E-state index contributed by atoms with van der Waals surface area (Å²) in [5.74, 6) is -5.45. The van der Waals surface area contributed by atoms with E-state index in [4.69, 9.17) is 18.9 Å². The van der Waals surface area contributed by atoms with Crippen LogP contribution in [-0.2, 0) is 33.4 Å². The molecule has 2 aliphatic rings. The summed E-state index contributed by atoms with van der Waals surface area (Å²) in [6.45, 7) is 9.27. The van der Waals surface area contributed by atoms with Crippen LogP contribution in [-0.4, -0.2) is 87.5 Å². The molecular formula is C18H25NO12. The summed E-state index contributed by atoms with van der Waals surface area (Å²) in [6, 6.07) is 0. The number of esters is 2. The van der Waals surface area contributed by atoms with Gasteiger partial charge in [0.25, 0.3) is 5.09 Å². The molecule has 0 aromatic carbocycles. The van der Waals surface area contributed by atoms with Gasteiger partial charge in [0.2, 0.25) is 0 Å². The van der Waals surface area contributed by atoms with Gasteiger partial charge in [-0.3, -0.25) is 0 Å². The number of ether oxygens (including phenoxy) is 4. The summed E-state index contributed by atoms with van der Waals surface area (Å²) in [7, 11) is 0. The Morgan fingerprint density at radius 3 is 2.19 bits per heavy atom. The average Bonchev–Trinajstić information content (AvgIpc) is 3.21. The van der Waals surface area contributed by atoms with Gasteiger partial charge in [-0.05, 0) is 20.8 Å². The fourth-order valence-corrected chi connectivity index (χ4v) is 3.33. The van der Waals surface area contributed by atoms with Gasteiger partial charge < -0.3 is 39.1 Å². The molecule has 2 unspecified atom stereocenters. The predicted octanol–water partition coefficient (Wildman–Crippen LogP) is -1.23. The van der Waals surface area contributed by atoms with Crippen LogP contribution in [0.4, 0.5) is 0 Å². The van der Waals surface area contributed by atoms with Crippen molar-refractivity contribution in [3.63, 3.8) is 0 Å². The van der Waals surface area contributed by atoms with Gasteiger partial charge >= 0.3 is 17.7 Å². The van der Waals surface area contributed by atoms with E-state index in [0.29, 0.717) is 0 Å². The molecule has 31 heavy (non-hydrogen) atoms. The molecule has 2 fully saturated rings. The molecule has 6 atom stereocenters. The van der Waals surface area contributed by atoms with Crippen LogP contribution in [0.3, 0.4) is 0 Å². The molecule has 3 N–H and O–H groups in total. The highest BCUT2D eigenvalue weighted by Crippen LogP contribution is 2.46. The Hall–Kier alpha value is -2.58. The summed E-state index contributed by atoms with van der Waals surface area (Å²) in [4.78, 5) is 40.1. The number of hydrogen-bond acceptors (Lipinski definition) is 12. The SMILES string of the molecule is C=C(C)C(=O)OC(OC(=O)C(=C)C)(C(O)C(C)O[N+](=O)[O-])[C@]1(O)CO[C@@H]2[C@@H](O)CO[C@@H]21. The van der Waals surface area contributed by atoms with E-state index in [9.17, 15) is 35.0 Å². The number of aliphatic hydroxyl groups is 3. The van der Waals surface area contributed by atoms with E-state index in [0.717, 1.165) is 6.92 Å². The molecule has 174 valence electrons. The zero-order valence-electron chi connectivity index (χ0n) is 17.2. The van der Waals surface area contributed by atoms with Gasteiger partial charge in [0, 0.05) is 11.1 Å². The first-order valence-electron chi connectivity index (χ1n) is 9.17. The van der Waals surface area contributed by atoms with Crippen molar-refractivity contribution < 1.29 is 53.8 Å². The molecule has 0 aliphatic carbocycles. The maximum atomic E-state index is 12.5.